The molecule has 0 spiro atoms. The average molecular weight is 397 g/mol. The highest BCUT2D eigenvalue weighted by Gasteiger charge is 2.20. The van der Waals surface area contributed by atoms with Crippen LogP contribution in [0.1, 0.15) is 16.1 Å². The van der Waals surface area contributed by atoms with Crippen LogP contribution in [0, 0.1) is 6.92 Å². The molecule has 29 heavy (non-hydrogen) atoms. The van der Waals surface area contributed by atoms with E-state index in [1.807, 2.05) is 31.2 Å². The molecule has 0 aliphatic carbocycles. The zero-order chi connectivity index (χ0) is 21.0. The van der Waals surface area contributed by atoms with Crippen molar-refractivity contribution in [3.63, 3.8) is 0 Å². The van der Waals surface area contributed by atoms with Crippen molar-refractivity contribution in [1.29, 1.82) is 0 Å². The van der Waals surface area contributed by atoms with Crippen LogP contribution < -0.4 is 24.3 Å². The number of nitrogens with one attached hydrogen (secondary N) is 1. The summed E-state index contributed by atoms with van der Waals surface area (Å²) in [5, 5.41) is 7.36. The summed E-state index contributed by atoms with van der Waals surface area (Å²) >= 11 is 0. The van der Waals surface area contributed by atoms with E-state index in [0.717, 1.165) is 17.1 Å². The summed E-state index contributed by atoms with van der Waals surface area (Å²) in [6, 6.07) is 12.4. The van der Waals surface area contributed by atoms with Crippen LogP contribution in [0.25, 0.3) is 5.69 Å². The molecule has 152 valence electrons. The normalized spacial score (nSPS) is 10.4. The molecule has 0 atom stereocenters. The third-order valence-electron chi connectivity index (χ3n) is 4.34. The van der Waals surface area contributed by atoms with Gasteiger partial charge in [-0.25, -0.2) is 4.68 Å². The molecule has 0 radical (unpaired) electrons. The van der Waals surface area contributed by atoms with Gasteiger partial charge in [0.15, 0.2) is 11.5 Å². The Balaban J connectivity index is 1.95. The topological polar surface area (TPSA) is 83.8 Å². The number of hydrogen-bond acceptors (Lipinski definition) is 6. The summed E-state index contributed by atoms with van der Waals surface area (Å²) in [5.41, 5.74) is 1.86. The van der Waals surface area contributed by atoms with E-state index in [0.29, 0.717) is 28.6 Å². The Hall–Kier alpha value is -3.68. The van der Waals surface area contributed by atoms with Gasteiger partial charge in [-0.1, -0.05) is 0 Å². The Kier molecular flexibility index (Phi) is 5.92. The molecule has 8 heteroatoms. The minimum atomic E-state index is -0.363. The van der Waals surface area contributed by atoms with Crippen molar-refractivity contribution < 1.29 is 23.7 Å². The van der Waals surface area contributed by atoms with Gasteiger partial charge in [0.25, 0.3) is 5.91 Å². The molecule has 0 saturated heterocycles. The van der Waals surface area contributed by atoms with Crippen LogP contribution in [0.4, 0.5) is 5.82 Å². The molecule has 1 heterocycles. The van der Waals surface area contributed by atoms with Gasteiger partial charge in [0, 0.05) is 18.2 Å². The van der Waals surface area contributed by atoms with Gasteiger partial charge in [-0.2, -0.15) is 5.10 Å². The summed E-state index contributed by atoms with van der Waals surface area (Å²) in [4.78, 5) is 13.0. The number of nitrogens with zero attached hydrogens (tertiary/aromatic N) is 2. The van der Waals surface area contributed by atoms with Crippen molar-refractivity contribution in [2.45, 2.75) is 6.92 Å². The van der Waals surface area contributed by atoms with Crippen molar-refractivity contribution >= 4 is 11.7 Å². The fraction of sp³-hybridized carbons (Fsp3) is 0.238. The van der Waals surface area contributed by atoms with Crippen LogP contribution in [-0.2, 0) is 0 Å². The maximum absolute atomic E-state index is 13.0. The molecular weight excluding hydrogens is 374 g/mol. The highest BCUT2D eigenvalue weighted by Crippen LogP contribution is 2.35. The fourth-order valence-corrected chi connectivity index (χ4v) is 2.90. The first-order valence-corrected chi connectivity index (χ1v) is 8.83. The highest BCUT2D eigenvalue weighted by atomic mass is 16.5. The average Bonchev–Trinajstić information content (AvgIpc) is 3.12. The third kappa shape index (κ3) is 4.11. The van der Waals surface area contributed by atoms with Crippen molar-refractivity contribution in [2.24, 2.45) is 0 Å². The number of amides is 1. The quantitative estimate of drug-likeness (QED) is 0.657. The SMILES string of the molecule is COc1ccc(-n2nc(C)cc2NC(=O)c2cc(OC)c(OC)cc2OC)cc1. The number of aromatic nitrogens is 2. The van der Waals surface area contributed by atoms with Gasteiger partial charge < -0.3 is 24.3 Å². The summed E-state index contributed by atoms with van der Waals surface area (Å²) in [6.07, 6.45) is 0. The molecule has 3 aromatic rings. The summed E-state index contributed by atoms with van der Waals surface area (Å²) in [6.45, 7) is 1.85. The van der Waals surface area contributed by atoms with E-state index in [9.17, 15) is 4.79 Å². The van der Waals surface area contributed by atoms with E-state index in [-0.39, 0.29) is 5.91 Å². The van der Waals surface area contributed by atoms with Crippen molar-refractivity contribution in [1.82, 2.24) is 9.78 Å². The summed E-state index contributed by atoms with van der Waals surface area (Å²) in [7, 11) is 6.13. The number of hydrogen-bond donors (Lipinski definition) is 1. The highest BCUT2D eigenvalue weighted by molar-refractivity contribution is 6.06. The van der Waals surface area contributed by atoms with Crippen LogP contribution in [0.15, 0.2) is 42.5 Å². The molecule has 2 aromatic carbocycles. The van der Waals surface area contributed by atoms with Crippen LogP contribution in [0.2, 0.25) is 0 Å². The van der Waals surface area contributed by atoms with Gasteiger partial charge >= 0.3 is 0 Å². The molecule has 0 aliphatic heterocycles. The van der Waals surface area contributed by atoms with Gasteiger partial charge in [-0.15, -0.1) is 0 Å². The standard InChI is InChI=1S/C21H23N3O5/c1-13-10-20(24(23-13)14-6-8-15(26-2)9-7-14)22-21(25)16-11-18(28-4)19(29-5)12-17(16)27-3/h6-12H,1-5H3,(H,22,25). The monoisotopic (exact) mass is 397 g/mol. The van der Waals surface area contributed by atoms with E-state index in [2.05, 4.69) is 10.4 Å². The minimum absolute atomic E-state index is 0.310. The molecule has 8 nitrogen and oxygen atoms in total. The van der Waals surface area contributed by atoms with Gasteiger partial charge in [-0.3, -0.25) is 4.79 Å². The number of rotatable bonds is 7. The first kappa shape index (κ1) is 20.1. The van der Waals surface area contributed by atoms with Crippen molar-refractivity contribution in [2.75, 3.05) is 33.8 Å². The lowest BCUT2D eigenvalue weighted by Gasteiger charge is -2.14. The Labute approximate surface area is 169 Å². The minimum Gasteiger partial charge on any atom is -0.497 e. The van der Waals surface area contributed by atoms with E-state index in [1.165, 1.54) is 21.3 Å². The predicted octanol–water partition coefficient (Wildman–Crippen LogP) is 3.47. The van der Waals surface area contributed by atoms with Crippen LogP contribution >= 0.6 is 0 Å². The number of ether oxygens (including phenoxy) is 4. The van der Waals surface area contributed by atoms with Crippen molar-refractivity contribution in [3.8, 4) is 28.7 Å². The number of methoxy groups -OCH3 is 4. The fourth-order valence-electron chi connectivity index (χ4n) is 2.90. The molecule has 0 bridgehead atoms. The molecule has 0 unspecified atom stereocenters. The molecule has 3 rings (SSSR count). The number of aryl methyl sites for hydroxylation is 1. The Morgan fingerprint density at radius 2 is 1.48 bits per heavy atom. The van der Waals surface area contributed by atoms with Gasteiger partial charge in [0.05, 0.1) is 45.4 Å². The lowest BCUT2D eigenvalue weighted by molar-refractivity contribution is 0.102. The smallest absolute Gasteiger partial charge is 0.260 e. The molecule has 1 aromatic heterocycles. The first-order valence-electron chi connectivity index (χ1n) is 8.83. The second-order valence-corrected chi connectivity index (χ2v) is 6.14. The Bertz CT molecular complexity index is 1010. The van der Waals surface area contributed by atoms with E-state index in [1.54, 1.807) is 30.0 Å². The van der Waals surface area contributed by atoms with Gasteiger partial charge in [-0.05, 0) is 31.2 Å². The van der Waals surface area contributed by atoms with Gasteiger partial charge in [0.2, 0.25) is 0 Å². The lowest BCUT2D eigenvalue weighted by atomic mass is 10.1. The maximum atomic E-state index is 13.0. The zero-order valence-electron chi connectivity index (χ0n) is 17.0. The third-order valence-corrected chi connectivity index (χ3v) is 4.34. The molecule has 0 fully saturated rings. The Morgan fingerprint density at radius 1 is 0.862 bits per heavy atom. The van der Waals surface area contributed by atoms with E-state index >= 15 is 0 Å². The molecule has 1 N–H and O–H groups in total. The number of carbonyl (C=O) groups excluding carboxylic acids is 1. The molecule has 1 amide bonds. The second kappa shape index (κ2) is 8.55. The Morgan fingerprint density at radius 3 is 2.07 bits per heavy atom. The maximum Gasteiger partial charge on any atom is 0.260 e. The zero-order valence-corrected chi connectivity index (χ0v) is 17.0. The molecule has 0 saturated carbocycles. The van der Waals surface area contributed by atoms with Crippen LogP contribution in [-0.4, -0.2) is 44.1 Å². The number of carbonyl (C=O) groups is 1. The van der Waals surface area contributed by atoms with Crippen LogP contribution in [0.5, 0.6) is 23.0 Å². The van der Waals surface area contributed by atoms with Gasteiger partial charge in [0.1, 0.15) is 17.3 Å². The predicted molar refractivity (Wildman–Crippen MR) is 109 cm³/mol. The summed E-state index contributed by atoms with van der Waals surface area (Å²) in [5.74, 6) is 2.16. The van der Waals surface area contributed by atoms with E-state index < -0.39 is 0 Å². The number of anilines is 1. The second-order valence-electron chi connectivity index (χ2n) is 6.14. The lowest BCUT2D eigenvalue weighted by Crippen LogP contribution is -2.16. The van der Waals surface area contributed by atoms with E-state index in [4.69, 9.17) is 18.9 Å². The molecular formula is C21H23N3O5. The van der Waals surface area contributed by atoms with Crippen LogP contribution in [0.3, 0.4) is 0 Å². The van der Waals surface area contributed by atoms with Crippen molar-refractivity contribution in [3.05, 3.63) is 53.7 Å². The summed E-state index contributed by atoms with van der Waals surface area (Å²) < 4.78 is 22.8. The number of benzene rings is 2. The first-order chi connectivity index (χ1) is 14.0. The molecule has 0 aliphatic rings. The largest absolute Gasteiger partial charge is 0.497 e.